The van der Waals surface area contributed by atoms with Crippen molar-refractivity contribution in [3.05, 3.63) is 41.7 Å². The minimum atomic E-state index is -0.114. The predicted octanol–water partition coefficient (Wildman–Crippen LogP) is 1.91. The van der Waals surface area contributed by atoms with Gasteiger partial charge in [0.05, 0.1) is 12.2 Å². The van der Waals surface area contributed by atoms with Crippen LogP contribution in [0.3, 0.4) is 0 Å². The summed E-state index contributed by atoms with van der Waals surface area (Å²) in [6, 6.07) is 7.49. The first-order valence-electron chi connectivity index (χ1n) is 7.66. The Bertz CT molecular complexity index is 657. The number of nitrogens with zero attached hydrogens (tertiary/aromatic N) is 2. The molecule has 1 aromatic heterocycles. The SMILES string of the molecule is CCN(Cc1ccc2c(c1)OCCO2)C(=O)NCc1ccn[nH]1. The zero-order valence-electron chi connectivity index (χ0n) is 13.0. The van der Waals surface area contributed by atoms with Crippen molar-refractivity contribution in [1.82, 2.24) is 20.4 Å². The summed E-state index contributed by atoms with van der Waals surface area (Å²) in [5, 5.41) is 9.56. The highest BCUT2D eigenvalue weighted by Gasteiger charge is 2.15. The van der Waals surface area contributed by atoms with Gasteiger partial charge in [-0.1, -0.05) is 6.07 Å². The van der Waals surface area contributed by atoms with Crippen molar-refractivity contribution >= 4 is 6.03 Å². The van der Waals surface area contributed by atoms with Crippen LogP contribution in [-0.4, -0.2) is 40.9 Å². The largest absolute Gasteiger partial charge is 0.486 e. The molecule has 0 bridgehead atoms. The summed E-state index contributed by atoms with van der Waals surface area (Å²) in [5.41, 5.74) is 1.88. The maximum atomic E-state index is 12.3. The van der Waals surface area contributed by atoms with E-state index in [9.17, 15) is 4.79 Å². The van der Waals surface area contributed by atoms with Gasteiger partial charge in [0.25, 0.3) is 0 Å². The lowest BCUT2D eigenvalue weighted by Crippen LogP contribution is -2.39. The standard InChI is InChI=1S/C16H20N4O3/c1-2-20(16(21)17-10-13-5-6-18-19-13)11-12-3-4-14-15(9-12)23-8-7-22-14/h3-6,9H,2,7-8,10-11H2,1H3,(H,17,21)(H,18,19). The molecule has 0 spiro atoms. The maximum absolute atomic E-state index is 12.3. The second kappa shape index (κ2) is 7.04. The minimum absolute atomic E-state index is 0.114. The number of H-pyrrole nitrogens is 1. The fraction of sp³-hybridized carbons (Fsp3) is 0.375. The number of aromatic nitrogens is 2. The van der Waals surface area contributed by atoms with Gasteiger partial charge in [0.15, 0.2) is 11.5 Å². The number of ether oxygens (including phenoxy) is 2. The third kappa shape index (κ3) is 3.74. The predicted molar refractivity (Wildman–Crippen MR) is 84.3 cm³/mol. The van der Waals surface area contributed by atoms with Crippen molar-refractivity contribution in [2.45, 2.75) is 20.0 Å². The van der Waals surface area contributed by atoms with E-state index < -0.39 is 0 Å². The van der Waals surface area contributed by atoms with E-state index >= 15 is 0 Å². The molecule has 23 heavy (non-hydrogen) atoms. The van der Waals surface area contributed by atoms with Crippen LogP contribution in [0.15, 0.2) is 30.5 Å². The van der Waals surface area contributed by atoms with Crippen LogP contribution in [0.5, 0.6) is 11.5 Å². The van der Waals surface area contributed by atoms with Gasteiger partial charge in [0, 0.05) is 19.3 Å². The Morgan fingerprint density at radius 1 is 1.30 bits per heavy atom. The number of benzene rings is 1. The molecule has 2 amide bonds. The minimum Gasteiger partial charge on any atom is -0.486 e. The molecule has 0 unspecified atom stereocenters. The van der Waals surface area contributed by atoms with E-state index in [2.05, 4.69) is 15.5 Å². The lowest BCUT2D eigenvalue weighted by molar-refractivity contribution is 0.171. The smallest absolute Gasteiger partial charge is 0.318 e. The summed E-state index contributed by atoms with van der Waals surface area (Å²) in [6.07, 6.45) is 1.66. The van der Waals surface area contributed by atoms with Crippen molar-refractivity contribution < 1.29 is 14.3 Å². The van der Waals surface area contributed by atoms with E-state index in [4.69, 9.17) is 9.47 Å². The van der Waals surface area contributed by atoms with Gasteiger partial charge < -0.3 is 19.7 Å². The molecule has 3 rings (SSSR count). The van der Waals surface area contributed by atoms with Gasteiger partial charge in [-0.2, -0.15) is 5.10 Å². The molecule has 2 aromatic rings. The number of rotatable bonds is 5. The van der Waals surface area contributed by atoms with E-state index in [-0.39, 0.29) is 6.03 Å². The maximum Gasteiger partial charge on any atom is 0.318 e. The molecular formula is C16H20N4O3. The number of urea groups is 1. The van der Waals surface area contributed by atoms with Gasteiger partial charge in [0.2, 0.25) is 0 Å². The van der Waals surface area contributed by atoms with Crippen LogP contribution in [0.25, 0.3) is 0 Å². The van der Waals surface area contributed by atoms with Crippen LogP contribution >= 0.6 is 0 Å². The van der Waals surface area contributed by atoms with Crippen LogP contribution in [0.4, 0.5) is 4.79 Å². The fourth-order valence-electron chi connectivity index (χ4n) is 2.40. The average Bonchev–Trinajstić information content (AvgIpc) is 3.11. The highest BCUT2D eigenvalue weighted by Crippen LogP contribution is 2.31. The zero-order valence-corrected chi connectivity index (χ0v) is 13.0. The van der Waals surface area contributed by atoms with E-state index in [1.54, 1.807) is 11.1 Å². The quantitative estimate of drug-likeness (QED) is 0.883. The highest BCUT2D eigenvalue weighted by molar-refractivity contribution is 5.74. The number of carbonyl (C=O) groups is 1. The summed E-state index contributed by atoms with van der Waals surface area (Å²) in [4.78, 5) is 14.0. The Morgan fingerprint density at radius 3 is 2.87 bits per heavy atom. The number of hydrogen-bond acceptors (Lipinski definition) is 4. The highest BCUT2D eigenvalue weighted by atomic mass is 16.6. The van der Waals surface area contributed by atoms with E-state index in [0.29, 0.717) is 32.8 Å². The first-order valence-corrected chi connectivity index (χ1v) is 7.66. The van der Waals surface area contributed by atoms with Crippen LogP contribution in [0, 0.1) is 0 Å². The van der Waals surface area contributed by atoms with E-state index in [1.807, 2.05) is 31.2 Å². The zero-order chi connectivity index (χ0) is 16.1. The average molecular weight is 316 g/mol. The molecule has 0 saturated carbocycles. The normalized spacial score (nSPS) is 12.7. The first-order chi connectivity index (χ1) is 11.3. The van der Waals surface area contributed by atoms with Gasteiger partial charge in [-0.25, -0.2) is 4.79 Å². The summed E-state index contributed by atoms with van der Waals surface area (Å²) >= 11 is 0. The molecule has 7 nitrogen and oxygen atoms in total. The Hall–Kier alpha value is -2.70. The monoisotopic (exact) mass is 316 g/mol. The molecule has 2 heterocycles. The molecule has 1 aliphatic rings. The Morgan fingerprint density at radius 2 is 2.13 bits per heavy atom. The topological polar surface area (TPSA) is 79.5 Å². The first kappa shape index (κ1) is 15.2. The molecule has 0 radical (unpaired) electrons. The van der Waals surface area contributed by atoms with Crippen molar-refractivity contribution in [3.63, 3.8) is 0 Å². The molecule has 0 fully saturated rings. The fourth-order valence-corrected chi connectivity index (χ4v) is 2.40. The van der Waals surface area contributed by atoms with Crippen molar-refractivity contribution in [2.24, 2.45) is 0 Å². The molecule has 122 valence electrons. The molecule has 0 aliphatic carbocycles. The summed E-state index contributed by atoms with van der Waals surface area (Å²) in [6.45, 7) is 4.64. The van der Waals surface area contributed by atoms with Gasteiger partial charge in [-0.15, -0.1) is 0 Å². The third-order valence-electron chi connectivity index (χ3n) is 3.64. The van der Waals surface area contributed by atoms with E-state index in [1.165, 1.54) is 0 Å². The van der Waals surface area contributed by atoms with Crippen molar-refractivity contribution in [2.75, 3.05) is 19.8 Å². The van der Waals surface area contributed by atoms with Gasteiger partial charge in [0.1, 0.15) is 13.2 Å². The molecule has 2 N–H and O–H groups in total. The number of nitrogens with one attached hydrogen (secondary N) is 2. The van der Waals surface area contributed by atoms with Crippen molar-refractivity contribution in [3.8, 4) is 11.5 Å². The van der Waals surface area contributed by atoms with Gasteiger partial charge >= 0.3 is 6.03 Å². The summed E-state index contributed by atoms with van der Waals surface area (Å²) < 4.78 is 11.1. The van der Waals surface area contributed by atoms with Crippen molar-refractivity contribution in [1.29, 1.82) is 0 Å². The number of amides is 2. The molecule has 1 aromatic carbocycles. The molecule has 0 atom stereocenters. The number of hydrogen-bond donors (Lipinski definition) is 2. The lowest BCUT2D eigenvalue weighted by atomic mass is 10.2. The second-order valence-electron chi connectivity index (χ2n) is 5.23. The molecule has 1 aliphatic heterocycles. The number of carbonyl (C=O) groups excluding carboxylic acids is 1. The Balaban J connectivity index is 1.61. The van der Waals surface area contributed by atoms with Gasteiger partial charge in [-0.05, 0) is 30.7 Å². The molecular weight excluding hydrogens is 296 g/mol. The summed E-state index contributed by atoms with van der Waals surface area (Å²) in [5.74, 6) is 1.49. The van der Waals surface area contributed by atoms with Crippen LogP contribution in [-0.2, 0) is 13.1 Å². The van der Waals surface area contributed by atoms with E-state index in [0.717, 1.165) is 22.8 Å². The molecule has 0 saturated heterocycles. The third-order valence-corrected chi connectivity index (χ3v) is 3.64. The Labute approximate surface area is 134 Å². The van der Waals surface area contributed by atoms with Crippen LogP contribution in [0.1, 0.15) is 18.2 Å². The molecule has 7 heteroatoms. The van der Waals surface area contributed by atoms with Crippen LogP contribution in [0.2, 0.25) is 0 Å². The lowest BCUT2D eigenvalue weighted by Gasteiger charge is -2.23. The van der Waals surface area contributed by atoms with Crippen LogP contribution < -0.4 is 14.8 Å². The second-order valence-corrected chi connectivity index (χ2v) is 5.23. The Kier molecular flexibility index (Phi) is 4.65. The number of fused-ring (bicyclic) bond motifs is 1. The summed E-state index contributed by atoms with van der Waals surface area (Å²) in [7, 11) is 0. The number of aromatic amines is 1. The van der Waals surface area contributed by atoms with Gasteiger partial charge in [-0.3, -0.25) is 5.10 Å².